The van der Waals surface area contributed by atoms with Crippen LogP contribution in [0.4, 0.5) is 0 Å². The second-order valence-electron chi connectivity index (χ2n) is 5.50. The molecule has 2 aromatic carbocycles. The Morgan fingerprint density at radius 3 is 2.65 bits per heavy atom. The predicted octanol–water partition coefficient (Wildman–Crippen LogP) is 4.33. The number of phenols is 1. The summed E-state index contributed by atoms with van der Waals surface area (Å²) in [6.45, 7) is 3.94. The van der Waals surface area contributed by atoms with Crippen molar-refractivity contribution in [2.24, 2.45) is 0 Å². The second-order valence-corrected chi connectivity index (χ2v) is 5.50. The number of phenolic OH excluding ortho intramolecular Hbond substituents is 1. The lowest BCUT2D eigenvalue weighted by Crippen LogP contribution is -2.30. The Labute approximate surface area is 135 Å². The zero-order valence-corrected chi connectivity index (χ0v) is 13.4. The number of aromatic hydroxyl groups is 1. The molecule has 0 spiro atoms. The van der Waals surface area contributed by atoms with Gasteiger partial charge in [-0.25, -0.2) is 0 Å². The largest absolute Gasteiger partial charge is 0.504 e. The van der Waals surface area contributed by atoms with Gasteiger partial charge in [0.25, 0.3) is 0 Å². The van der Waals surface area contributed by atoms with E-state index < -0.39 is 0 Å². The minimum absolute atomic E-state index is 0.108. The van der Waals surface area contributed by atoms with Crippen molar-refractivity contribution in [3.8, 4) is 23.0 Å². The van der Waals surface area contributed by atoms with Gasteiger partial charge >= 0.3 is 0 Å². The van der Waals surface area contributed by atoms with Crippen molar-refractivity contribution >= 4 is 6.08 Å². The fourth-order valence-electron chi connectivity index (χ4n) is 2.72. The number of rotatable bonds is 3. The van der Waals surface area contributed by atoms with E-state index in [-0.39, 0.29) is 18.0 Å². The van der Waals surface area contributed by atoms with Crippen molar-refractivity contribution in [1.29, 1.82) is 0 Å². The molecule has 0 saturated heterocycles. The van der Waals surface area contributed by atoms with Crippen LogP contribution in [0, 0.1) is 0 Å². The zero-order valence-electron chi connectivity index (χ0n) is 13.4. The van der Waals surface area contributed by atoms with Gasteiger partial charge in [0.15, 0.2) is 29.1 Å². The number of benzene rings is 2. The first-order chi connectivity index (χ1) is 11.1. The lowest BCUT2D eigenvalue weighted by molar-refractivity contribution is 0.0305. The van der Waals surface area contributed by atoms with E-state index in [0.29, 0.717) is 5.75 Å². The summed E-state index contributed by atoms with van der Waals surface area (Å²) in [5.74, 6) is 1.99. The Morgan fingerprint density at radius 2 is 1.91 bits per heavy atom. The average Bonchev–Trinajstić information content (AvgIpc) is 2.55. The van der Waals surface area contributed by atoms with Crippen LogP contribution in [-0.4, -0.2) is 18.3 Å². The summed E-state index contributed by atoms with van der Waals surface area (Å²) in [6.07, 6.45) is 3.58. The second kappa shape index (κ2) is 6.24. The number of hydrogen-bond donors (Lipinski definition) is 1. The fourth-order valence-corrected chi connectivity index (χ4v) is 2.72. The highest BCUT2D eigenvalue weighted by Crippen LogP contribution is 2.41. The smallest absolute Gasteiger partial charge is 0.162 e. The SMILES string of the molecule is C/C=C/c1ccc2c(c1)OC(c1ccc(O)c(OC)c1)C(C)O2. The number of methoxy groups -OCH3 is 1. The van der Waals surface area contributed by atoms with Gasteiger partial charge in [0.2, 0.25) is 0 Å². The predicted molar refractivity (Wildman–Crippen MR) is 89.3 cm³/mol. The molecule has 0 aromatic heterocycles. The average molecular weight is 312 g/mol. The molecule has 2 atom stereocenters. The summed E-state index contributed by atoms with van der Waals surface area (Å²) in [4.78, 5) is 0. The molecule has 0 radical (unpaired) electrons. The van der Waals surface area contributed by atoms with E-state index in [0.717, 1.165) is 22.6 Å². The molecule has 23 heavy (non-hydrogen) atoms. The Bertz CT molecular complexity index is 736. The van der Waals surface area contributed by atoms with Crippen molar-refractivity contribution in [3.05, 3.63) is 53.6 Å². The van der Waals surface area contributed by atoms with E-state index in [1.54, 1.807) is 12.1 Å². The van der Waals surface area contributed by atoms with Gasteiger partial charge in [-0.2, -0.15) is 0 Å². The highest BCUT2D eigenvalue weighted by molar-refractivity contribution is 5.56. The van der Waals surface area contributed by atoms with Gasteiger partial charge in [-0.05, 0) is 43.7 Å². The summed E-state index contributed by atoms with van der Waals surface area (Å²) in [5.41, 5.74) is 1.96. The van der Waals surface area contributed by atoms with E-state index in [1.165, 1.54) is 7.11 Å². The molecule has 0 fully saturated rings. The van der Waals surface area contributed by atoms with Crippen molar-refractivity contribution < 1.29 is 19.3 Å². The first-order valence-corrected chi connectivity index (χ1v) is 7.59. The molecule has 4 heteroatoms. The molecule has 4 nitrogen and oxygen atoms in total. The molecular formula is C19H20O4. The molecule has 120 valence electrons. The molecule has 0 saturated carbocycles. The van der Waals surface area contributed by atoms with Crippen LogP contribution in [0.3, 0.4) is 0 Å². The molecule has 0 bridgehead atoms. The molecule has 3 rings (SSSR count). The van der Waals surface area contributed by atoms with Crippen LogP contribution in [-0.2, 0) is 0 Å². The summed E-state index contributed by atoms with van der Waals surface area (Å²) in [6, 6.07) is 11.1. The van der Waals surface area contributed by atoms with Gasteiger partial charge in [-0.3, -0.25) is 0 Å². The Balaban J connectivity index is 1.94. The molecule has 1 aliphatic rings. The molecule has 0 amide bonds. The van der Waals surface area contributed by atoms with Crippen LogP contribution in [0.2, 0.25) is 0 Å². The molecule has 2 aromatic rings. The van der Waals surface area contributed by atoms with Gasteiger partial charge in [-0.1, -0.05) is 24.3 Å². The normalized spacial score (nSPS) is 19.8. The summed E-state index contributed by atoms with van der Waals surface area (Å²) in [7, 11) is 1.53. The minimum Gasteiger partial charge on any atom is -0.504 e. The van der Waals surface area contributed by atoms with Crippen molar-refractivity contribution in [2.45, 2.75) is 26.1 Å². The van der Waals surface area contributed by atoms with Gasteiger partial charge in [-0.15, -0.1) is 0 Å². The lowest BCUT2D eigenvalue weighted by Gasteiger charge is -2.32. The maximum atomic E-state index is 9.75. The van der Waals surface area contributed by atoms with Crippen LogP contribution >= 0.6 is 0 Å². The van der Waals surface area contributed by atoms with Crippen molar-refractivity contribution in [3.63, 3.8) is 0 Å². The maximum absolute atomic E-state index is 9.75. The van der Waals surface area contributed by atoms with Gasteiger partial charge < -0.3 is 19.3 Å². The molecule has 1 N–H and O–H groups in total. The van der Waals surface area contributed by atoms with Crippen LogP contribution in [0.1, 0.15) is 31.1 Å². The number of ether oxygens (including phenoxy) is 3. The van der Waals surface area contributed by atoms with Crippen LogP contribution in [0.25, 0.3) is 6.08 Å². The number of allylic oxidation sites excluding steroid dienone is 1. The molecule has 1 aliphatic heterocycles. The Hall–Kier alpha value is -2.62. The Morgan fingerprint density at radius 1 is 1.09 bits per heavy atom. The minimum atomic E-state index is -0.266. The number of fused-ring (bicyclic) bond motifs is 1. The van der Waals surface area contributed by atoms with E-state index in [1.807, 2.05) is 50.3 Å². The first kappa shape index (κ1) is 15.3. The van der Waals surface area contributed by atoms with Gasteiger partial charge in [0.05, 0.1) is 7.11 Å². The third-order valence-corrected chi connectivity index (χ3v) is 3.85. The van der Waals surface area contributed by atoms with Crippen LogP contribution in [0.5, 0.6) is 23.0 Å². The maximum Gasteiger partial charge on any atom is 0.162 e. The zero-order chi connectivity index (χ0) is 16.4. The van der Waals surface area contributed by atoms with E-state index >= 15 is 0 Å². The summed E-state index contributed by atoms with van der Waals surface area (Å²) < 4.78 is 17.3. The summed E-state index contributed by atoms with van der Waals surface area (Å²) in [5, 5.41) is 9.75. The fraction of sp³-hybridized carbons (Fsp3) is 0.263. The standard InChI is InChI=1S/C19H20O4/c1-4-5-13-6-9-16-18(10-13)23-19(12(2)22-16)14-7-8-15(20)17(11-14)21-3/h4-12,19-20H,1-3H3/b5-4+. The van der Waals surface area contributed by atoms with Crippen LogP contribution in [0.15, 0.2) is 42.5 Å². The third kappa shape index (κ3) is 2.97. The van der Waals surface area contributed by atoms with Crippen molar-refractivity contribution in [2.75, 3.05) is 7.11 Å². The topological polar surface area (TPSA) is 47.9 Å². The van der Waals surface area contributed by atoms with E-state index in [2.05, 4.69) is 0 Å². The molecule has 0 aliphatic carbocycles. The quantitative estimate of drug-likeness (QED) is 0.916. The van der Waals surface area contributed by atoms with Crippen LogP contribution < -0.4 is 14.2 Å². The Kier molecular flexibility index (Phi) is 4.15. The lowest BCUT2D eigenvalue weighted by atomic mass is 10.0. The molecular weight excluding hydrogens is 292 g/mol. The van der Waals surface area contributed by atoms with E-state index in [4.69, 9.17) is 14.2 Å². The number of hydrogen-bond acceptors (Lipinski definition) is 4. The van der Waals surface area contributed by atoms with Gasteiger partial charge in [0, 0.05) is 5.56 Å². The first-order valence-electron chi connectivity index (χ1n) is 7.59. The third-order valence-electron chi connectivity index (χ3n) is 3.85. The molecule has 2 unspecified atom stereocenters. The van der Waals surface area contributed by atoms with Gasteiger partial charge in [0.1, 0.15) is 6.10 Å². The summed E-state index contributed by atoms with van der Waals surface area (Å²) >= 11 is 0. The van der Waals surface area contributed by atoms with E-state index in [9.17, 15) is 5.11 Å². The highest BCUT2D eigenvalue weighted by atomic mass is 16.6. The molecule has 1 heterocycles. The van der Waals surface area contributed by atoms with Crippen molar-refractivity contribution in [1.82, 2.24) is 0 Å². The monoisotopic (exact) mass is 312 g/mol. The highest BCUT2D eigenvalue weighted by Gasteiger charge is 2.30.